The summed E-state index contributed by atoms with van der Waals surface area (Å²) >= 11 is 0. The second kappa shape index (κ2) is 17.9. The van der Waals surface area contributed by atoms with E-state index < -0.39 is 0 Å². The summed E-state index contributed by atoms with van der Waals surface area (Å²) in [7, 11) is 0. The molecule has 3 fully saturated rings. The predicted molar refractivity (Wildman–Crippen MR) is 213 cm³/mol. The number of rotatable bonds is 20. The van der Waals surface area contributed by atoms with Gasteiger partial charge in [-0.05, 0) is 123 Å². The monoisotopic (exact) mass is 693 g/mol. The number of hydrogen-bond donors (Lipinski definition) is 0. The van der Waals surface area contributed by atoms with Crippen molar-refractivity contribution in [1.82, 2.24) is 0 Å². The van der Waals surface area contributed by atoms with Crippen LogP contribution in [0, 0.1) is 35.5 Å². The van der Waals surface area contributed by atoms with Crippen LogP contribution in [0.3, 0.4) is 0 Å². The van der Waals surface area contributed by atoms with E-state index >= 15 is 0 Å². The standard InChI is InChI=1S/C48H68O3/c1-6-8-9-10-16-36(23-33(4)22-35-14-11-12-15-35)26-41-27-42(31-44(41)47(50)29-39-24-34(39)5)51-48-30-40(28-45-43(48)17-13-18-46(45)49)38-20-19-37(25-38)21-32(3)7-2/h20,25,28,30,34-36,39,41-42,44H,3-4,6-19,21-24,26-27,29,31H2,1-2,5H3. The summed E-state index contributed by atoms with van der Waals surface area (Å²) in [4.78, 5) is 27.4. The van der Waals surface area contributed by atoms with E-state index in [9.17, 15) is 9.59 Å². The van der Waals surface area contributed by atoms with Gasteiger partial charge in [-0.2, -0.15) is 0 Å². The van der Waals surface area contributed by atoms with Crippen molar-refractivity contribution >= 4 is 17.1 Å². The number of benzene rings is 1. The molecule has 3 nitrogen and oxygen atoms in total. The molecule has 3 saturated carbocycles. The summed E-state index contributed by atoms with van der Waals surface area (Å²) in [5.41, 5.74) is 8.34. The highest BCUT2D eigenvalue weighted by molar-refractivity contribution is 6.00. The van der Waals surface area contributed by atoms with Gasteiger partial charge in [0, 0.05) is 29.9 Å². The van der Waals surface area contributed by atoms with Crippen molar-refractivity contribution in [1.29, 1.82) is 0 Å². The normalized spacial score (nSPS) is 26.5. The van der Waals surface area contributed by atoms with Crippen LogP contribution in [0.1, 0.15) is 177 Å². The Morgan fingerprint density at radius 2 is 1.75 bits per heavy atom. The maximum atomic E-state index is 14.1. The van der Waals surface area contributed by atoms with Crippen molar-refractivity contribution in [2.75, 3.05) is 0 Å². The Hall–Kier alpha value is -2.68. The van der Waals surface area contributed by atoms with Crippen LogP contribution in [0.25, 0.3) is 5.57 Å². The van der Waals surface area contributed by atoms with E-state index in [1.807, 2.05) is 0 Å². The minimum Gasteiger partial charge on any atom is -0.490 e. The average Bonchev–Trinajstić information content (AvgIpc) is 3.54. The first-order chi connectivity index (χ1) is 24.7. The molecule has 6 rings (SSSR count). The molecule has 0 heterocycles. The summed E-state index contributed by atoms with van der Waals surface area (Å²) in [6.07, 6.45) is 28.9. The molecule has 278 valence electrons. The quantitative estimate of drug-likeness (QED) is 0.101. The van der Waals surface area contributed by atoms with Crippen molar-refractivity contribution < 1.29 is 14.3 Å². The number of Topliss-reactive ketones (excluding diaryl/α,β-unsaturated/α-hetero) is 2. The lowest BCUT2D eigenvalue weighted by Crippen LogP contribution is -2.22. The number of carbonyl (C=O) groups is 2. The van der Waals surface area contributed by atoms with Crippen molar-refractivity contribution in [3.63, 3.8) is 0 Å². The summed E-state index contributed by atoms with van der Waals surface area (Å²) in [6.45, 7) is 15.6. The number of unbranched alkanes of at least 4 members (excludes halogenated alkanes) is 3. The van der Waals surface area contributed by atoms with Gasteiger partial charge in [0.15, 0.2) is 5.78 Å². The topological polar surface area (TPSA) is 43.4 Å². The largest absolute Gasteiger partial charge is 0.490 e. The van der Waals surface area contributed by atoms with E-state index in [2.05, 4.69) is 58.2 Å². The second-order valence-corrected chi connectivity index (χ2v) is 17.7. The van der Waals surface area contributed by atoms with Gasteiger partial charge < -0.3 is 4.74 Å². The third-order valence-electron chi connectivity index (χ3n) is 13.4. The molecule has 0 amide bonds. The molecule has 51 heavy (non-hydrogen) atoms. The number of fused-ring (bicyclic) bond motifs is 1. The molecule has 6 unspecified atom stereocenters. The van der Waals surface area contributed by atoms with Crippen LogP contribution in [0.2, 0.25) is 0 Å². The number of carbonyl (C=O) groups excluding carboxylic acids is 2. The fourth-order valence-corrected chi connectivity index (χ4v) is 10.1. The second-order valence-electron chi connectivity index (χ2n) is 17.7. The Morgan fingerprint density at radius 3 is 2.49 bits per heavy atom. The Labute approximate surface area is 310 Å². The van der Waals surface area contributed by atoms with Crippen molar-refractivity contribution in [3.05, 3.63) is 70.9 Å². The van der Waals surface area contributed by atoms with Crippen LogP contribution in [0.5, 0.6) is 5.75 Å². The van der Waals surface area contributed by atoms with E-state index in [1.165, 1.54) is 92.9 Å². The van der Waals surface area contributed by atoms with Crippen molar-refractivity contribution in [2.24, 2.45) is 35.5 Å². The summed E-state index contributed by atoms with van der Waals surface area (Å²) < 4.78 is 7.06. The van der Waals surface area contributed by atoms with E-state index in [0.29, 0.717) is 35.9 Å². The summed E-state index contributed by atoms with van der Waals surface area (Å²) in [5.74, 6) is 4.78. The highest BCUT2D eigenvalue weighted by Crippen LogP contribution is 2.47. The molecule has 0 bridgehead atoms. The molecule has 0 N–H and O–H groups in total. The third kappa shape index (κ3) is 10.3. The molecule has 5 aliphatic rings. The molecule has 1 aromatic rings. The van der Waals surface area contributed by atoms with Gasteiger partial charge in [0.05, 0.1) is 6.10 Å². The minimum absolute atomic E-state index is 0.0101. The lowest BCUT2D eigenvalue weighted by atomic mass is 9.78. The smallest absolute Gasteiger partial charge is 0.163 e. The molecule has 0 saturated heterocycles. The Kier molecular flexibility index (Phi) is 13.4. The maximum absolute atomic E-state index is 14.1. The SMILES string of the molecule is C=C(CC)CC1=CC(c2cc(OC3CC(CC(CCCCCC)CC(=C)CC4CCCC4)C(C(=O)CC4CC4C)C3)c3c(c2)C(=O)CCC3)=CC1. The molecule has 1 aromatic carbocycles. The van der Waals surface area contributed by atoms with Crippen LogP contribution in [0.15, 0.2) is 54.2 Å². The van der Waals surface area contributed by atoms with Crippen molar-refractivity contribution in [3.8, 4) is 5.75 Å². The van der Waals surface area contributed by atoms with E-state index in [-0.39, 0.29) is 17.8 Å². The van der Waals surface area contributed by atoms with Gasteiger partial charge in [-0.3, -0.25) is 9.59 Å². The van der Waals surface area contributed by atoms with Crippen molar-refractivity contribution in [2.45, 2.75) is 168 Å². The summed E-state index contributed by atoms with van der Waals surface area (Å²) in [5, 5.41) is 0. The molecule has 0 radical (unpaired) electrons. The summed E-state index contributed by atoms with van der Waals surface area (Å²) in [6, 6.07) is 4.35. The van der Waals surface area contributed by atoms with Gasteiger partial charge in [0.2, 0.25) is 0 Å². The minimum atomic E-state index is 0.0101. The number of ketones is 2. The molecule has 0 aromatic heterocycles. The molecule has 5 aliphatic carbocycles. The first-order valence-electron chi connectivity index (χ1n) is 21.3. The lowest BCUT2D eigenvalue weighted by Gasteiger charge is -2.26. The van der Waals surface area contributed by atoms with Gasteiger partial charge in [0.25, 0.3) is 0 Å². The zero-order valence-corrected chi connectivity index (χ0v) is 32.5. The van der Waals surface area contributed by atoms with Crippen LogP contribution >= 0.6 is 0 Å². The van der Waals surface area contributed by atoms with Crippen LogP contribution < -0.4 is 4.74 Å². The average molecular weight is 693 g/mol. The number of allylic oxidation sites excluding steroid dienone is 6. The van der Waals surface area contributed by atoms with Gasteiger partial charge >= 0.3 is 0 Å². The lowest BCUT2D eigenvalue weighted by molar-refractivity contribution is -0.124. The maximum Gasteiger partial charge on any atom is 0.163 e. The van der Waals surface area contributed by atoms with Crippen LogP contribution in [-0.2, 0) is 11.2 Å². The van der Waals surface area contributed by atoms with Gasteiger partial charge in [0.1, 0.15) is 11.5 Å². The number of hydrogen-bond acceptors (Lipinski definition) is 3. The first-order valence-corrected chi connectivity index (χ1v) is 21.3. The van der Waals surface area contributed by atoms with E-state index in [4.69, 9.17) is 4.74 Å². The van der Waals surface area contributed by atoms with Crippen LogP contribution in [-0.4, -0.2) is 17.7 Å². The van der Waals surface area contributed by atoms with E-state index in [1.54, 1.807) is 0 Å². The third-order valence-corrected chi connectivity index (χ3v) is 13.4. The Morgan fingerprint density at radius 1 is 0.941 bits per heavy atom. The molecule has 3 heteroatoms. The highest BCUT2D eigenvalue weighted by atomic mass is 16.5. The molecular weight excluding hydrogens is 625 g/mol. The van der Waals surface area contributed by atoms with Gasteiger partial charge in [-0.15, -0.1) is 0 Å². The Bertz CT molecular complexity index is 1480. The fourth-order valence-electron chi connectivity index (χ4n) is 10.1. The molecular formula is C48H68O3. The fraction of sp³-hybridized carbons (Fsp3) is 0.667. The predicted octanol–water partition coefficient (Wildman–Crippen LogP) is 13.2. The number of ether oxygens (including phenoxy) is 1. The van der Waals surface area contributed by atoms with E-state index in [0.717, 1.165) is 92.6 Å². The molecule has 0 aliphatic heterocycles. The van der Waals surface area contributed by atoms with Gasteiger partial charge in [-0.1, -0.05) is 121 Å². The van der Waals surface area contributed by atoms with Gasteiger partial charge in [-0.25, -0.2) is 0 Å². The zero-order chi connectivity index (χ0) is 35.9. The zero-order valence-electron chi connectivity index (χ0n) is 32.5. The first kappa shape index (κ1) is 38.1. The highest BCUT2D eigenvalue weighted by Gasteiger charge is 2.44. The Balaban J connectivity index is 1.21. The molecule has 0 spiro atoms. The molecule has 6 atom stereocenters. The van der Waals surface area contributed by atoms with Crippen LogP contribution in [0.4, 0.5) is 0 Å².